The minimum atomic E-state index is -4.28. The normalized spacial score (nSPS) is 22.9. The average Bonchev–Trinajstić information content (AvgIpc) is 3.01. The summed E-state index contributed by atoms with van der Waals surface area (Å²) in [6.07, 6.45) is 6.04. The van der Waals surface area contributed by atoms with Gasteiger partial charge >= 0.3 is 10.2 Å². The van der Waals surface area contributed by atoms with Crippen LogP contribution in [-0.4, -0.2) is 93.3 Å². The molecule has 1 saturated carbocycles. The Morgan fingerprint density at radius 2 is 1.64 bits per heavy atom. The summed E-state index contributed by atoms with van der Waals surface area (Å²) in [6.45, 7) is 4.03. The quantitative estimate of drug-likeness (QED) is 0.363. The van der Waals surface area contributed by atoms with Gasteiger partial charge in [-0.15, -0.1) is 0 Å². The van der Waals surface area contributed by atoms with Gasteiger partial charge in [0, 0.05) is 46.1 Å². The first-order valence-electron chi connectivity index (χ1n) is 15.5. The van der Waals surface area contributed by atoms with E-state index < -0.39 is 45.2 Å². The number of methoxy groups -OCH3 is 1. The lowest BCUT2D eigenvalue weighted by molar-refractivity contribution is -0.0564. The Labute approximate surface area is 263 Å². The van der Waals surface area contributed by atoms with Crippen LogP contribution in [0.5, 0.6) is 11.5 Å². The average molecular weight is 653 g/mol. The molecule has 1 aliphatic carbocycles. The fourth-order valence-corrected chi connectivity index (χ4v) is 6.96. The molecule has 2 saturated heterocycles. The highest BCUT2D eigenvalue weighted by Gasteiger charge is 2.33. The summed E-state index contributed by atoms with van der Waals surface area (Å²) in [5, 5.41) is 0. The standard InChI is InChI=1S/C31H42F2N4O7S/c1-4-27(26-7-5-22(19-34-26)43-24-17-23(18-24)41-3)44-28-8-6-25(29(32)30(28)33)31(38)35-45(39,40)37-15-11-21(12-16-37)42-20-9-13-36(2)14-10-20/h5-8,19-21,23-24,27H,4,9-18H2,1-3H3,(H,35,38)/t23?,24?,27-/m1/s1. The third kappa shape index (κ3) is 8.28. The molecule has 3 fully saturated rings. The van der Waals surface area contributed by atoms with Crippen LogP contribution in [0.3, 0.4) is 0 Å². The molecule has 1 N–H and O–H groups in total. The summed E-state index contributed by atoms with van der Waals surface area (Å²) in [5.41, 5.74) is -0.259. The number of hydrogen-bond acceptors (Lipinski definition) is 9. The summed E-state index contributed by atoms with van der Waals surface area (Å²) in [7, 11) is -0.541. The molecule has 0 bridgehead atoms. The Kier molecular flexibility index (Phi) is 10.9. The van der Waals surface area contributed by atoms with E-state index in [-0.39, 0.29) is 37.5 Å². The van der Waals surface area contributed by atoms with Gasteiger partial charge in [-0.25, -0.2) is 9.11 Å². The van der Waals surface area contributed by atoms with E-state index in [0.717, 1.165) is 55.2 Å². The second-order valence-corrected chi connectivity index (χ2v) is 13.6. The Morgan fingerprint density at radius 1 is 0.978 bits per heavy atom. The fraction of sp³-hybridized carbons (Fsp3) is 0.613. The number of nitrogens with one attached hydrogen (secondary N) is 1. The first-order valence-corrected chi connectivity index (χ1v) is 17.0. The van der Waals surface area contributed by atoms with Gasteiger partial charge in [0.25, 0.3) is 5.91 Å². The van der Waals surface area contributed by atoms with E-state index in [1.54, 1.807) is 32.4 Å². The van der Waals surface area contributed by atoms with E-state index >= 15 is 8.78 Å². The van der Waals surface area contributed by atoms with Crippen LogP contribution in [0.25, 0.3) is 0 Å². The van der Waals surface area contributed by atoms with Gasteiger partial charge in [-0.05, 0) is 63.4 Å². The number of carbonyl (C=O) groups is 1. The summed E-state index contributed by atoms with van der Waals surface area (Å²) < 4.78 is 82.0. The zero-order valence-electron chi connectivity index (χ0n) is 25.9. The van der Waals surface area contributed by atoms with Gasteiger partial charge in [0.1, 0.15) is 18.0 Å². The van der Waals surface area contributed by atoms with Crippen molar-refractivity contribution in [2.45, 2.75) is 82.4 Å². The molecule has 45 heavy (non-hydrogen) atoms. The van der Waals surface area contributed by atoms with Crippen molar-refractivity contribution < 1.29 is 40.9 Å². The van der Waals surface area contributed by atoms with Crippen molar-refractivity contribution in [3.05, 3.63) is 53.4 Å². The van der Waals surface area contributed by atoms with Crippen molar-refractivity contribution in [3.8, 4) is 11.5 Å². The van der Waals surface area contributed by atoms with E-state index in [1.165, 1.54) is 0 Å². The van der Waals surface area contributed by atoms with Crippen molar-refractivity contribution in [2.24, 2.45) is 0 Å². The largest absolute Gasteiger partial charge is 0.489 e. The molecular weight excluding hydrogens is 610 g/mol. The van der Waals surface area contributed by atoms with Crippen LogP contribution >= 0.6 is 0 Å². The van der Waals surface area contributed by atoms with Crippen molar-refractivity contribution in [1.82, 2.24) is 18.9 Å². The molecule has 1 amide bonds. The van der Waals surface area contributed by atoms with Gasteiger partial charge in [0.15, 0.2) is 11.6 Å². The number of likely N-dealkylation sites (tertiary alicyclic amines) is 1. The number of ether oxygens (including phenoxy) is 4. The van der Waals surface area contributed by atoms with Crippen LogP contribution in [0, 0.1) is 11.6 Å². The highest BCUT2D eigenvalue weighted by atomic mass is 32.2. The van der Waals surface area contributed by atoms with Crippen molar-refractivity contribution in [3.63, 3.8) is 0 Å². The number of hydrogen-bond donors (Lipinski definition) is 1. The molecule has 0 radical (unpaired) electrons. The minimum absolute atomic E-state index is 0.0595. The first kappa shape index (κ1) is 33.5. The number of piperidine rings is 2. The van der Waals surface area contributed by atoms with Crippen LogP contribution in [0.4, 0.5) is 8.78 Å². The zero-order chi connectivity index (χ0) is 32.1. The van der Waals surface area contributed by atoms with Crippen molar-refractivity contribution in [1.29, 1.82) is 0 Å². The fourth-order valence-electron chi connectivity index (χ4n) is 5.79. The molecule has 1 aromatic heterocycles. The van der Waals surface area contributed by atoms with Gasteiger partial charge in [-0.1, -0.05) is 6.92 Å². The maximum atomic E-state index is 15.1. The predicted molar refractivity (Wildman–Crippen MR) is 161 cm³/mol. The van der Waals surface area contributed by atoms with Crippen LogP contribution in [0.2, 0.25) is 0 Å². The number of carbonyl (C=O) groups excluding carboxylic acids is 1. The topological polar surface area (TPSA) is 120 Å². The zero-order valence-corrected chi connectivity index (χ0v) is 26.7. The van der Waals surface area contributed by atoms with E-state index in [9.17, 15) is 13.2 Å². The van der Waals surface area contributed by atoms with Crippen molar-refractivity contribution in [2.75, 3.05) is 40.3 Å². The van der Waals surface area contributed by atoms with Crippen LogP contribution in [0.15, 0.2) is 30.5 Å². The lowest BCUT2D eigenvalue weighted by Crippen LogP contribution is -2.48. The number of benzene rings is 1. The van der Waals surface area contributed by atoms with Gasteiger partial charge in [0.05, 0.1) is 35.8 Å². The number of aromatic nitrogens is 1. The van der Waals surface area contributed by atoms with E-state index in [1.807, 2.05) is 4.72 Å². The highest BCUT2D eigenvalue weighted by molar-refractivity contribution is 7.87. The summed E-state index contributed by atoms with van der Waals surface area (Å²) in [4.78, 5) is 19.4. The molecule has 1 atom stereocenters. The molecule has 248 valence electrons. The third-order valence-electron chi connectivity index (χ3n) is 8.72. The molecule has 5 rings (SSSR count). The summed E-state index contributed by atoms with van der Waals surface area (Å²) in [6, 6.07) is 5.54. The second-order valence-electron chi connectivity index (χ2n) is 11.9. The van der Waals surface area contributed by atoms with Crippen LogP contribution in [0.1, 0.15) is 74.0 Å². The second kappa shape index (κ2) is 14.7. The Morgan fingerprint density at radius 3 is 2.24 bits per heavy atom. The molecule has 2 aromatic rings. The maximum absolute atomic E-state index is 15.1. The monoisotopic (exact) mass is 652 g/mol. The van der Waals surface area contributed by atoms with E-state index in [2.05, 4.69) is 16.9 Å². The third-order valence-corrected chi connectivity index (χ3v) is 10.2. The van der Waals surface area contributed by atoms with E-state index in [4.69, 9.17) is 18.9 Å². The molecule has 2 aliphatic heterocycles. The Balaban J connectivity index is 1.15. The lowest BCUT2D eigenvalue weighted by Gasteiger charge is -2.35. The van der Waals surface area contributed by atoms with Crippen LogP contribution < -0.4 is 14.2 Å². The Hall–Kier alpha value is -2.91. The minimum Gasteiger partial charge on any atom is -0.489 e. The molecule has 0 spiro atoms. The smallest absolute Gasteiger partial charge is 0.304 e. The molecule has 3 aliphatic rings. The summed E-state index contributed by atoms with van der Waals surface area (Å²) in [5.74, 6) is -4.02. The molecule has 14 heteroatoms. The van der Waals surface area contributed by atoms with Crippen LogP contribution in [-0.2, 0) is 19.7 Å². The first-order chi connectivity index (χ1) is 21.6. The predicted octanol–water partition coefficient (Wildman–Crippen LogP) is 4.00. The highest BCUT2D eigenvalue weighted by Crippen LogP contribution is 2.31. The Bertz CT molecular complexity index is 1410. The van der Waals surface area contributed by atoms with Gasteiger partial charge in [-0.3, -0.25) is 9.78 Å². The molecule has 0 unspecified atom stereocenters. The molecule has 3 heterocycles. The number of halogens is 2. The molecular formula is C31H42F2N4O7S. The van der Waals surface area contributed by atoms with Gasteiger partial charge in [0.2, 0.25) is 5.82 Å². The SMILES string of the molecule is CC[C@@H](Oc1ccc(C(=O)NS(=O)(=O)N2CCC(OC3CCN(C)CC3)CC2)c(F)c1F)c1ccc(OC2CC(OC)C2)cn1. The van der Waals surface area contributed by atoms with Gasteiger partial charge in [-0.2, -0.15) is 17.1 Å². The van der Waals surface area contributed by atoms with E-state index in [0.29, 0.717) is 30.7 Å². The van der Waals surface area contributed by atoms with Gasteiger partial charge < -0.3 is 23.8 Å². The molecule has 11 nitrogen and oxygen atoms in total. The lowest BCUT2D eigenvalue weighted by atomic mass is 9.92. The number of nitrogens with zero attached hydrogens (tertiary/aromatic N) is 3. The number of pyridine rings is 1. The summed E-state index contributed by atoms with van der Waals surface area (Å²) >= 11 is 0. The van der Waals surface area contributed by atoms with Crippen molar-refractivity contribution >= 4 is 16.1 Å². The number of rotatable bonds is 12. The molecule has 1 aromatic carbocycles. The maximum Gasteiger partial charge on any atom is 0.304 e. The number of amides is 1.